The number of carbonyl (C=O) groups is 1. The molecule has 1 fully saturated rings. The first-order valence-corrected chi connectivity index (χ1v) is 10.9. The number of hydrogen-bond acceptors (Lipinski definition) is 5. The Morgan fingerprint density at radius 3 is 2.77 bits per heavy atom. The van der Waals surface area contributed by atoms with E-state index in [1.54, 1.807) is 28.7 Å². The first-order chi connectivity index (χ1) is 12.4. The average Bonchev–Trinajstić information content (AvgIpc) is 3.21. The van der Waals surface area contributed by atoms with Crippen LogP contribution < -0.4 is 0 Å². The molecule has 0 bridgehead atoms. The third-order valence-electron chi connectivity index (χ3n) is 4.41. The van der Waals surface area contributed by atoms with E-state index in [9.17, 15) is 4.79 Å². The summed E-state index contributed by atoms with van der Waals surface area (Å²) in [4.78, 5) is 22.7. The number of thiophene rings is 1. The highest BCUT2D eigenvalue weighted by atomic mass is 32.1. The Bertz CT molecular complexity index is 743. The van der Waals surface area contributed by atoms with Crippen molar-refractivity contribution in [1.82, 2.24) is 14.8 Å². The highest BCUT2D eigenvalue weighted by Crippen LogP contribution is 2.26. The van der Waals surface area contributed by atoms with Crippen molar-refractivity contribution in [2.24, 2.45) is 0 Å². The van der Waals surface area contributed by atoms with Gasteiger partial charge in [-0.1, -0.05) is 26.8 Å². The Morgan fingerprint density at radius 2 is 2.08 bits per heavy atom. The summed E-state index contributed by atoms with van der Waals surface area (Å²) in [5.74, 6) is 0.115. The standard InChI is InChI=1S/C20H27N3OS2/c1-20(2,3)19-21-16(15-26-19)14-22-9-5-10-23(12-11-22)18(24)8-7-17-6-4-13-25-17/h4,6-8,13,15H,5,9-12,14H2,1-3H3/b8-7+. The second-order valence-corrected chi connectivity index (χ2v) is 9.54. The van der Waals surface area contributed by atoms with Crippen LogP contribution in [0.3, 0.4) is 0 Å². The van der Waals surface area contributed by atoms with E-state index in [0.29, 0.717) is 0 Å². The Balaban J connectivity index is 1.53. The number of aromatic nitrogens is 1. The summed E-state index contributed by atoms with van der Waals surface area (Å²) in [6.45, 7) is 11.0. The molecule has 0 aromatic carbocycles. The summed E-state index contributed by atoms with van der Waals surface area (Å²) in [7, 11) is 0. The second-order valence-electron chi connectivity index (χ2n) is 7.70. The molecule has 0 unspecified atom stereocenters. The predicted octanol–water partition coefficient (Wildman–Crippen LogP) is 4.25. The minimum atomic E-state index is 0.111. The molecule has 0 saturated carbocycles. The maximum absolute atomic E-state index is 12.4. The fourth-order valence-corrected chi connectivity index (χ4v) is 4.46. The van der Waals surface area contributed by atoms with Crippen LogP contribution in [-0.2, 0) is 16.8 Å². The lowest BCUT2D eigenvalue weighted by molar-refractivity contribution is -0.125. The Hall–Kier alpha value is -1.50. The molecule has 3 heterocycles. The Morgan fingerprint density at radius 1 is 1.23 bits per heavy atom. The van der Waals surface area contributed by atoms with Crippen LogP contribution in [0.2, 0.25) is 0 Å². The van der Waals surface area contributed by atoms with Crippen molar-refractivity contribution in [3.8, 4) is 0 Å². The molecule has 0 N–H and O–H groups in total. The number of thiazole rings is 1. The first-order valence-electron chi connectivity index (χ1n) is 9.09. The smallest absolute Gasteiger partial charge is 0.246 e. The van der Waals surface area contributed by atoms with E-state index in [2.05, 4.69) is 31.1 Å². The molecule has 3 rings (SSSR count). The van der Waals surface area contributed by atoms with Gasteiger partial charge in [-0.05, 0) is 23.9 Å². The summed E-state index contributed by atoms with van der Waals surface area (Å²) >= 11 is 3.40. The lowest BCUT2D eigenvalue weighted by atomic mass is 9.98. The van der Waals surface area contributed by atoms with Crippen LogP contribution in [0, 0.1) is 0 Å². The van der Waals surface area contributed by atoms with E-state index in [0.717, 1.165) is 49.7 Å². The van der Waals surface area contributed by atoms with Gasteiger partial charge in [0.2, 0.25) is 5.91 Å². The molecule has 0 radical (unpaired) electrons. The highest BCUT2D eigenvalue weighted by Gasteiger charge is 2.21. The van der Waals surface area contributed by atoms with Crippen molar-refractivity contribution in [1.29, 1.82) is 0 Å². The van der Waals surface area contributed by atoms with Gasteiger partial charge in [-0.25, -0.2) is 4.98 Å². The van der Waals surface area contributed by atoms with Gasteiger partial charge in [-0.15, -0.1) is 22.7 Å². The maximum Gasteiger partial charge on any atom is 0.246 e. The summed E-state index contributed by atoms with van der Waals surface area (Å²) in [5, 5.41) is 5.40. The van der Waals surface area contributed by atoms with Gasteiger partial charge in [0.05, 0.1) is 10.7 Å². The topological polar surface area (TPSA) is 36.4 Å². The van der Waals surface area contributed by atoms with Gasteiger partial charge in [0.25, 0.3) is 0 Å². The molecule has 1 aliphatic rings. The molecule has 2 aromatic rings. The molecular weight excluding hydrogens is 362 g/mol. The van der Waals surface area contributed by atoms with Crippen molar-refractivity contribution in [2.75, 3.05) is 26.2 Å². The fraction of sp³-hybridized carbons (Fsp3) is 0.500. The quantitative estimate of drug-likeness (QED) is 0.734. The van der Waals surface area contributed by atoms with Crippen molar-refractivity contribution < 1.29 is 4.79 Å². The third-order valence-corrected chi connectivity index (χ3v) is 6.57. The SMILES string of the molecule is CC(C)(C)c1nc(CN2CCCN(C(=O)/C=C/c3cccs3)CC2)cs1. The highest BCUT2D eigenvalue weighted by molar-refractivity contribution is 7.10. The van der Waals surface area contributed by atoms with E-state index >= 15 is 0 Å². The first kappa shape index (κ1) is 19.3. The van der Waals surface area contributed by atoms with Crippen molar-refractivity contribution >= 4 is 34.7 Å². The molecule has 0 spiro atoms. The molecule has 4 nitrogen and oxygen atoms in total. The van der Waals surface area contributed by atoms with Gasteiger partial charge in [-0.2, -0.15) is 0 Å². The molecule has 2 aromatic heterocycles. The number of hydrogen-bond donors (Lipinski definition) is 0. The van der Waals surface area contributed by atoms with Gasteiger partial charge < -0.3 is 4.90 Å². The van der Waals surface area contributed by atoms with E-state index < -0.39 is 0 Å². The molecule has 6 heteroatoms. The van der Waals surface area contributed by atoms with Crippen LogP contribution in [0.25, 0.3) is 6.08 Å². The summed E-state index contributed by atoms with van der Waals surface area (Å²) < 4.78 is 0. The zero-order valence-corrected chi connectivity index (χ0v) is 17.4. The second kappa shape index (κ2) is 8.46. The molecule has 26 heavy (non-hydrogen) atoms. The molecular formula is C20H27N3OS2. The van der Waals surface area contributed by atoms with Crippen LogP contribution in [0.5, 0.6) is 0 Å². The average molecular weight is 390 g/mol. The van der Waals surface area contributed by atoms with Gasteiger partial charge >= 0.3 is 0 Å². The monoisotopic (exact) mass is 389 g/mol. The van der Waals surface area contributed by atoms with E-state index in [4.69, 9.17) is 4.98 Å². The molecule has 1 aliphatic heterocycles. The largest absolute Gasteiger partial charge is 0.338 e. The van der Waals surface area contributed by atoms with Gasteiger partial charge in [-0.3, -0.25) is 9.69 Å². The maximum atomic E-state index is 12.4. The molecule has 1 saturated heterocycles. The predicted molar refractivity (Wildman–Crippen MR) is 111 cm³/mol. The zero-order valence-electron chi connectivity index (χ0n) is 15.8. The fourth-order valence-electron chi connectivity index (χ4n) is 2.95. The number of nitrogens with zero attached hydrogens (tertiary/aromatic N) is 3. The van der Waals surface area contributed by atoms with Crippen molar-refractivity contribution in [3.05, 3.63) is 44.5 Å². The lowest BCUT2D eigenvalue weighted by Gasteiger charge is -2.20. The van der Waals surface area contributed by atoms with Gasteiger partial charge in [0.15, 0.2) is 0 Å². The molecule has 140 valence electrons. The van der Waals surface area contributed by atoms with Crippen LogP contribution >= 0.6 is 22.7 Å². The Labute approximate surface area is 164 Å². The third kappa shape index (κ3) is 5.25. The van der Waals surface area contributed by atoms with Gasteiger partial charge in [0.1, 0.15) is 0 Å². The van der Waals surface area contributed by atoms with E-state index in [-0.39, 0.29) is 11.3 Å². The zero-order chi connectivity index (χ0) is 18.6. The minimum Gasteiger partial charge on any atom is -0.338 e. The summed E-state index contributed by atoms with van der Waals surface area (Å²) in [5.41, 5.74) is 1.26. The van der Waals surface area contributed by atoms with Crippen molar-refractivity contribution in [3.63, 3.8) is 0 Å². The summed E-state index contributed by atoms with van der Waals surface area (Å²) in [6.07, 6.45) is 4.63. The van der Waals surface area contributed by atoms with E-state index in [1.165, 1.54) is 5.01 Å². The molecule has 0 atom stereocenters. The van der Waals surface area contributed by atoms with Crippen LogP contribution in [-0.4, -0.2) is 46.9 Å². The minimum absolute atomic E-state index is 0.111. The van der Waals surface area contributed by atoms with Gasteiger partial charge in [0, 0.05) is 54.5 Å². The normalized spacial score (nSPS) is 17.0. The van der Waals surface area contributed by atoms with Crippen LogP contribution in [0.1, 0.15) is 42.8 Å². The number of carbonyl (C=O) groups excluding carboxylic acids is 1. The summed E-state index contributed by atoms with van der Waals surface area (Å²) in [6, 6.07) is 4.03. The Kier molecular flexibility index (Phi) is 6.27. The number of rotatable bonds is 4. The van der Waals surface area contributed by atoms with Crippen LogP contribution in [0.4, 0.5) is 0 Å². The van der Waals surface area contributed by atoms with E-state index in [1.807, 2.05) is 28.5 Å². The molecule has 0 aliphatic carbocycles. The lowest BCUT2D eigenvalue weighted by Crippen LogP contribution is -2.34. The number of amides is 1. The van der Waals surface area contributed by atoms with Crippen LogP contribution in [0.15, 0.2) is 29.0 Å². The molecule has 1 amide bonds. The van der Waals surface area contributed by atoms with Crippen molar-refractivity contribution in [2.45, 2.75) is 39.2 Å².